The van der Waals surface area contributed by atoms with Gasteiger partial charge in [0.1, 0.15) is 0 Å². The number of carbonyl (C=O) groups excluding carboxylic acids is 1. The lowest BCUT2D eigenvalue weighted by atomic mass is 9.55. The van der Waals surface area contributed by atoms with Gasteiger partial charge < -0.3 is 9.47 Å². The number of hydrogen-bond donors (Lipinski definition) is 0. The first kappa shape index (κ1) is 15.6. The van der Waals surface area contributed by atoms with Gasteiger partial charge in [0.05, 0.1) is 19.3 Å². The van der Waals surface area contributed by atoms with E-state index in [4.69, 9.17) is 9.47 Å². The van der Waals surface area contributed by atoms with Gasteiger partial charge in [0.2, 0.25) is 0 Å². The van der Waals surface area contributed by atoms with E-state index in [0.29, 0.717) is 36.9 Å². The van der Waals surface area contributed by atoms with Crippen molar-refractivity contribution in [2.75, 3.05) is 13.2 Å². The van der Waals surface area contributed by atoms with Gasteiger partial charge in [-0.15, -0.1) is 0 Å². The van der Waals surface area contributed by atoms with Crippen LogP contribution in [0.3, 0.4) is 0 Å². The van der Waals surface area contributed by atoms with Crippen molar-refractivity contribution in [2.24, 2.45) is 29.1 Å². The molecule has 3 heteroatoms. The summed E-state index contributed by atoms with van der Waals surface area (Å²) in [6, 6.07) is 0. The number of ether oxygens (including phenoxy) is 2. The summed E-state index contributed by atoms with van der Waals surface area (Å²) in [5.74, 6) is 1.60. The zero-order chi connectivity index (χ0) is 15.1. The fraction of sp³-hybridized carbons (Fsp3) is 0.824. The second kappa shape index (κ2) is 5.51. The molecule has 0 amide bonds. The van der Waals surface area contributed by atoms with Crippen molar-refractivity contribution in [3.05, 3.63) is 11.6 Å². The van der Waals surface area contributed by atoms with Gasteiger partial charge in [0.25, 0.3) is 0 Å². The highest BCUT2D eigenvalue weighted by Crippen LogP contribution is 2.53. The van der Waals surface area contributed by atoms with E-state index >= 15 is 0 Å². The molecule has 0 aromatic rings. The molecule has 1 fully saturated rings. The van der Waals surface area contributed by atoms with Crippen molar-refractivity contribution >= 4 is 5.97 Å². The van der Waals surface area contributed by atoms with Crippen LogP contribution < -0.4 is 0 Å². The van der Waals surface area contributed by atoms with E-state index in [9.17, 15) is 4.79 Å². The van der Waals surface area contributed by atoms with Crippen LogP contribution in [-0.4, -0.2) is 25.3 Å². The minimum atomic E-state index is -0.201. The summed E-state index contributed by atoms with van der Waals surface area (Å²) in [5, 5.41) is 0. The van der Waals surface area contributed by atoms with Gasteiger partial charge in [-0.3, -0.25) is 4.79 Å². The maximum Gasteiger partial charge on any atom is 0.302 e. The molecule has 1 aliphatic heterocycles. The highest BCUT2D eigenvalue weighted by molar-refractivity contribution is 5.65. The van der Waals surface area contributed by atoms with Crippen LogP contribution in [0.25, 0.3) is 0 Å². The van der Waals surface area contributed by atoms with E-state index in [-0.39, 0.29) is 17.5 Å². The maximum absolute atomic E-state index is 11.2. The van der Waals surface area contributed by atoms with Gasteiger partial charge in [0.15, 0.2) is 0 Å². The largest absolute Gasteiger partial charge is 0.465 e. The van der Waals surface area contributed by atoms with Crippen LogP contribution in [0.2, 0.25) is 0 Å². The fourth-order valence-electron chi connectivity index (χ4n) is 4.15. The Morgan fingerprint density at radius 2 is 2.15 bits per heavy atom. The summed E-state index contributed by atoms with van der Waals surface area (Å²) >= 11 is 0. The van der Waals surface area contributed by atoms with E-state index < -0.39 is 0 Å². The summed E-state index contributed by atoms with van der Waals surface area (Å²) in [7, 11) is 0. The molecule has 0 aromatic carbocycles. The molecular formula is C17H28O3. The maximum atomic E-state index is 11.2. The van der Waals surface area contributed by atoms with Crippen LogP contribution in [0.15, 0.2) is 11.6 Å². The monoisotopic (exact) mass is 280 g/mol. The predicted octanol–water partition coefficient (Wildman–Crippen LogP) is 3.44. The van der Waals surface area contributed by atoms with Gasteiger partial charge in [0, 0.05) is 18.3 Å². The lowest BCUT2D eigenvalue weighted by Gasteiger charge is -2.56. The standard InChI is InChI=1S/C17H28O3/c1-10(2)16-15-11(3)7-12(4)17(9-20-16,13(15)5)8-19-14(6)18/h7,10,12-13,15-16H,8-9H2,1-6H3/t12-,13+,15+,16-,17+/m0/s1. The molecule has 0 N–H and O–H groups in total. The minimum absolute atomic E-state index is 0.0682. The van der Waals surface area contributed by atoms with E-state index in [2.05, 4.69) is 40.7 Å². The molecule has 0 unspecified atom stereocenters. The number of esters is 1. The Morgan fingerprint density at radius 1 is 1.50 bits per heavy atom. The van der Waals surface area contributed by atoms with E-state index in [1.807, 2.05) is 0 Å². The van der Waals surface area contributed by atoms with Crippen LogP contribution >= 0.6 is 0 Å². The molecule has 5 atom stereocenters. The molecule has 0 saturated carbocycles. The normalized spacial score (nSPS) is 40.5. The van der Waals surface area contributed by atoms with Crippen molar-refractivity contribution < 1.29 is 14.3 Å². The van der Waals surface area contributed by atoms with Gasteiger partial charge in [-0.05, 0) is 24.7 Å². The summed E-state index contributed by atoms with van der Waals surface area (Å²) in [6.45, 7) is 13.8. The molecule has 1 aliphatic carbocycles. The molecule has 2 aliphatic rings. The van der Waals surface area contributed by atoms with Crippen molar-refractivity contribution in [1.82, 2.24) is 0 Å². The Morgan fingerprint density at radius 3 is 2.70 bits per heavy atom. The molecule has 0 radical (unpaired) electrons. The van der Waals surface area contributed by atoms with Crippen molar-refractivity contribution in [2.45, 2.75) is 47.6 Å². The highest BCUT2D eigenvalue weighted by Gasteiger charge is 2.54. The molecule has 2 bridgehead atoms. The van der Waals surface area contributed by atoms with Gasteiger partial charge >= 0.3 is 5.97 Å². The van der Waals surface area contributed by atoms with Crippen LogP contribution in [-0.2, 0) is 14.3 Å². The lowest BCUT2D eigenvalue weighted by molar-refractivity contribution is -0.186. The summed E-state index contributed by atoms with van der Waals surface area (Å²) < 4.78 is 11.6. The Labute approximate surface area is 122 Å². The SMILES string of the molecule is CC(=O)OC[C@@]12CO[C@@H](C(C)C)[C@H](C(C)=C[C@@H]1C)[C@H]2C. The molecule has 0 spiro atoms. The Kier molecular flexibility index (Phi) is 4.29. The zero-order valence-electron chi connectivity index (χ0n) is 13.6. The minimum Gasteiger partial charge on any atom is -0.465 e. The van der Waals surface area contributed by atoms with Crippen LogP contribution in [0.1, 0.15) is 41.5 Å². The third kappa shape index (κ3) is 2.41. The van der Waals surface area contributed by atoms with Crippen LogP contribution in [0.5, 0.6) is 0 Å². The van der Waals surface area contributed by atoms with Crippen molar-refractivity contribution in [1.29, 1.82) is 0 Å². The lowest BCUT2D eigenvalue weighted by Crippen LogP contribution is -2.57. The summed E-state index contributed by atoms with van der Waals surface area (Å²) in [5.41, 5.74) is 1.36. The molecule has 3 nitrogen and oxygen atoms in total. The first-order valence-corrected chi connectivity index (χ1v) is 7.73. The van der Waals surface area contributed by atoms with Crippen LogP contribution in [0.4, 0.5) is 0 Å². The van der Waals surface area contributed by atoms with Crippen molar-refractivity contribution in [3.63, 3.8) is 0 Å². The number of carbonyl (C=O) groups is 1. The molecule has 2 rings (SSSR count). The Hall–Kier alpha value is -0.830. The number of rotatable bonds is 3. The second-order valence-corrected chi connectivity index (χ2v) is 7.05. The third-order valence-electron chi connectivity index (χ3n) is 5.49. The fourth-order valence-corrected chi connectivity index (χ4v) is 4.15. The zero-order valence-corrected chi connectivity index (χ0v) is 13.6. The smallest absolute Gasteiger partial charge is 0.302 e. The third-order valence-corrected chi connectivity index (χ3v) is 5.49. The Bertz CT molecular complexity index is 412. The van der Waals surface area contributed by atoms with Crippen molar-refractivity contribution in [3.8, 4) is 0 Å². The van der Waals surface area contributed by atoms with Gasteiger partial charge in [-0.25, -0.2) is 0 Å². The molecular weight excluding hydrogens is 252 g/mol. The number of allylic oxidation sites excluding steroid dienone is 1. The van der Waals surface area contributed by atoms with Gasteiger partial charge in [-0.1, -0.05) is 39.3 Å². The van der Waals surface area contributed by atoms with Crippen LogP contribution in [0, 0.1) is 29.1 Å². The average molecular weight is 280 g/mol. The molecule has 20 heavy (non-hydrogen) atoms. The Balaban J connectivity index is 2.33. The number of fused-ring (bicyclic) bond motifs is 2. The van der Waals surface area contributed by atoms with E-state index in [1.165, 1.54) is 12.5 Å². The molecule has 0 aromatic heterocycles. The first-order valence-electron chi connectivity index (χ1n) is 7.73. The second-order valence-electron chi connectivity index (χ2n) is 7.05. The molecule has 1 saturated heterocycles. The van der Waals surface area contributed by atoms with E-state index in [0.717, 1.165) is 0 Å². The number of hydrogen-bond acceptors (Lipinski definition) is 3. The predicted molar refractivity (Wildman–Crippen MR) is 79.2 cm³/mol. The first-order chi connectivity index (χ1) is 9.29. The molecule has 114 valence electrons. The summed E-state index contributed by atoms with van der Waals surface area (Å²) in [6.07, 6.45) is 2.64. The molecule has 1 heterocycles. The summed E-state index contributed by atoms with van der Waals surface area (Å²) in [4.78, 5) is 11.2. The van der Waals surface area contributed by atoms with E-state index in [1.54, 1.807) is 0 Å². The topological polar surface area (TPSA) is 35.5 Å². The highest BCUT2D eigenvalue weighted by atomic mass is 16.5. The average Bonchev–Trinajstić information content (AvgIpc) is 2.34. The van der Waals surface area contributed by atoms with Gasteiger partial charge in [-0.2, -0.15) is 0 Å². The quantitative estimate of drug-likeness (QED) is 0.587.